The first-order valence-electron chi connectivity index (χ1n) is 11.5. The first kappa shape index (κ1) is 26.9. The fourth-order valence-corrected chi connectivity index (χ4v) is 5.40. The molecule has 1 aromatic carbocycles. The van der Waals surface area contributed by atoms with Gasteiger partial charge in [-0.05, 0) is 40.6 Å². The highest BCUT2D eigenvalue weighted by Crippen LogP contribution is 2.49. The second-order valence-corrected chi connectivity index (χ2v) is 9.49. The number of benzene rings is 1. The van der Waals surface area contributed by atoms with E-state index >= 15 is 0 Å². The molecule has 0 bridgehead atoms. The van der Waals surface area contributed by atoms with Crippen molar-refractivity contribution in [2.24, 2.45) is 17.8 Å². The minimum absolute atomic E-state index is 0.0147. The second kappa shape index (κ2) is 11.9. The number of esters is 1. The average molecular weight is 595 g/mol. The summed E-state index contributed by atoms with van der Waals surface area (Å²) in [5.74, 6) is -2.55. The molecule has 3 rings (SSSR count). The maximum atomic E-state index is 13.2. The first-order chi connectivity index (χ1) is 16.8. The lowest BCUT2D eigenvalue weighted by atomic mass is 9.74. The summed E-state index contributed by atoms with van der Waals surface area (Å²) in [4.78, 5) is 49.6. The third kappa shape index (κ3) is 5.30. The Morgan fingerprint density at radius 1 is 1.23 bits per heavy atom. The molecule has 1 aromatic rings. The summed E-state index contributed by atoms with van der Waals surface area (Å²) in [6.07, 6.45) is 3.78. The van der Waals surface area contributed by atoms with Crippen molar-refractivity contribution >= 4 is 40.4 Å². The molecule has 4 atom stereocenters. The molecule has 1 fully saturated rings. The maximum Gasteiger partial charge on any atom is 0.355 e. The van der Waals surface area contributed by atoms with Crippen LogP contribution in [0.3, 0.4) is 0 Å². The minimum atomic E-state index is -0.760. The Morgan fingerprint density at radius 2 is 1.94 bits per heavy atom. The number of ether oxygens (including phenoxy) is 2. The van der Waals surface area contributed by atoms with E-state index in [-0.39, 0.29) is 37.3 Å². The molecule has 0 N–H and O–H groups in total. The molecular weight excluding hydrogens is 565 g/mol. The fraction of sp³-hybridized carbons (Fsp3) is 0.423. The van der Waals surface area contributed by atoms with E-state index in [1.807, 2.05) is 25.1 Å². The molecule has 0 radical (unpaired) electrons. The molecule has 2 aliphatic rings. The number of aryl methyl sites for hydroxylation is 1. The summed E-state index contributed by atoms with van der Waals surface area (Å²) in [5, 5.41) is 0. The summed E-state index contributed by atoms with van der Waals surface area (Å²) in [7, 11) is 0. The van der Waals surface area contributed by atoms with Gasteiger partial charge in [0.15, 0.2) is 0 Å². The summed E-state index contributed by atoms with van der Waals surface area (Å²) < 4.78 is 12.4. The van der Waals surface area contributed by atoms with E-state index in [4.69, 9.17) is 19.2 Å². The zero-order valence-electron chi connectivity index (χ0n) is 20.1. The lowest BCUT2D eigenvalue weighted by Crippen LogP contribution is -2.63. The number of fused-ring (bicyclic) bond motifs is 1. The van der Waals surface area contributed by atoms with Crippen LogP contribution in [0.5, 0.6) is 5.75 Å². The molecule has 1 saturated heterocycles. The van der Waals surface area contributed by atoms with Gasteiger partial charge in [-0.1, -0.05) is 51.6 Å². The summed E-state index contributed by atoms with van der Waals surface area (Å²) in [5.41, 5.74) is 1.99. The number of halogens is 1. The molecule has 2 aliphatic heterocycles. The van der Waals surface area contributed by atoms with E-state index in [1.165, 1.54) is 17.1 Å². The van der Waals surface area contributed by atoms with Crippen LogP contribution in [0.4, 0.5) is 0 Å². The van der Waals surface area contributed by atoms with Crippen molar-refractivity contribution in [3.63, 3.8) is 0 Å². The van der Waals surface area contributed by atoms with Crippen molar-refractivity contribution in [3.8, 4) is 5.75 Å². The molecule has 188 valence electrons. The van der Waals surface area contributed by atoms with E-state index < -0.39 is 29.8 Å². The van der Waals surface area contributed by atoms with Gasteiger partial charge in [0, 0.05) is 11.5 Å². The fourth-order valence-electron chi connectivity index (χ4n) is 4.50. The van der Waals surface area contributed by atoms with Crippen LogP contribution in [0.1, 0.15) is 26.3 Å². The van der Waals surface area contributed by atoms with Crippen LogP contribution >= 0.6 is 22.6 Å². The quantitative estimate of drug-likeness (QED) is 0.0687. The van der Waals surface area contributed by atoms with Gasteiger partial charge >= 0.3 is 11.9 Å². The number of nitrogens with zero attached hydrogens (tertiary/aromatic N) is 1. The van der Waals surface area contributed by atoms with E-state index in [9.17, 15) is 14.4 Å². The van der Waals surface area contributed by atoms with Crippen molar-refractivity contribution < 1.29 is 33.6 Å². The molecule has 9 heteroatoms. The Morgan fingerprint density at radius 3 is 2.60 bits per heavy atom. The van der Waals surface area contributed by atoms with Crippen LogP contribution in [0.2, 0.25) is 0 Å². The van der Waals surface area contributed by atoms with Gasteiger partial charge in [0.25, 0.3) is 0 Å². The number of hydrogen-bond donors (Lipinski definition) is 0. The van der Waals surface area contributed by atoms with Gasteiger partial charge in [0.05, 0.1) is 21.4 Å². The Hall–Kier alpha value is -2.66. The topological polar surface area (TPSA) is 91.4 Å². The smallest absolute Gasteiger partial charge is 0.355 e. The molecule has 1 amide bonds. The normalized spacial score (nSPS) is 21.7. The summed E-state index contributed by atoms with van der Waals surface area (Å²) >= 11 is 2.25. The third-order valence-electron chi connectivity index (χ3n) is 6.37. The number of β-lactam (4-membered cyclic amide) rings is 1. The number of hydrogen-bond acceptors (Lipinski definition) is 7. The molecule has 0 saturated carbocycles. The predicted molar refractivity (Wildman–Crippen MR) is 137 cm³/mol. The van der Waals surface area contributed by atoms with Crippen LogP contribution in [0, 0.1) is 21.3 Å². The number of carbonyl (C=O) groups excluding carboxylic acids is 3. The second-order valence-electron chi connectivity index (χ2n) is 8.41. The van der Waals surface area contributed by atoms with Crippen LogP contribution < -0.4 is 4.74 Å². The standard InChI is InChI=1S/C26H30INO7/c1-6-12-32-26(31)23-18(14-33-19-11-9-10-17(8-3)21(19)27)15(4)22-20(24(29)28(22)23)16(5)25(30)35-34-13-7-2/h6-7,9-11,15-16,20,22H,1-2,8,12-14H2,3-5H3/t15-,16?,20?,22?/m0/s1. The molecule has 3 unspecified atom stereocenters. The van der Waals surface area contributed by atoms with Crippen molar-refractivity contribution in [2.75, 3.05) is 19.8 Å². The Bertz CT molecular complexity index is 1050. The van der Waals surface area contributed by atoms with E-state index in [1.54, 1.807) is 6.92 Å². The van der Waals surface area contributed by atoms with Crippen molar-refractivity contribution in [1.29, 1.82) is 0 Å². The van der Waals surface area contributed by atoms with Gasteiger partial charge in [-0.2, -0.15) is 4.89 Å². The lowest BCUT2D eigenvalue weighted by Gasteiger charge is -2.47. The molecule has 8 nitrogen and oxygen atoms in total. The zero-order valence-corrected chi connectivity index (χ0v) is 22.3. The van der Waals surface area contributed by atoms with Gasteiger partial charge in [0.2, 0.25) is 5.91 Å². The van der Waals surface area contributed by atoms with Crippen LogP contribution in [-0.2, 0) is 35.3 Å². The molecule has 0 aromatic heterocycles. The molecule has 0 aliphatic carbocycles. The van der Waals surface area contributed by atoms with Gasteiger partial charge in [-0.3, -0.25) is 9.68 Å². The maximum absolute atomic E-state index is 13.2. The van der Waals surface area contributed by atoms with Crippen LogP contribution in [-0.4, -0.2) is 48.6 Å². The summed E-state index contributed by atoms with van der Waals surface area (Å²) in [6.45, 7) is 12.8. The monoisotopic (exact) mass is 595 g/mol. The average Bonchev–Trinajstić information content (AvgIpc) is 3.10. The zero-order chi connectivity index (χ0) is 25.7. The summed E-state index contributed by atoms with van der Waals surface area (Å²) in [6, 6.07) is 5.45. The number of amides is 1. The highest BCUT2D eigenvalue weighted by molar-refractivity contribution is 14.1. The minimum Gasteiger partial charge on any atom is -0.488 e. The first-order valence-corrected chi connectivity index (χ1v) is 12.5. The van der Waals surface area contributed by atoms with Gasteiger partial charge in [-0.25, -0.2) is 9.59 Å². The number of carbonyl (C=O) groups is 3. The van der Waals surface area contributed by atoms with E-state index in [0.29, 0.717) is 11.3 Å². The van der Waals surface area contributed by atoms with E-state index in [0.717, 1.165) is 15.6 Å². The SMILES string of the molecule is C=CCOOC(=O)C(C)C1C(=O)N2C(C(=O)OCC=C)=C(COc3cccc(CC)c3I)[C@H](C)C12. The Balaban J connectivity index is 1.85. The molecular formula is C26H30INO7. The van der Waals surface area contributed by atoms with Gasteiger partial charge in [-0.15, -0.1) is 6.58 Å². The van der Waals surface area contributed by atoms with Crippen LogP contribution in [0.15, 0.2) is 54.8 Å². The third-order valence-corrected chi connectivity index (χ3v) is 7.59. The lowest BCUT2D eigenvalue weighted by molar-refractivity contribution is -0.271. The molecule has 35 heavy (non-hydrogen) atoms. The highest BCUT2D eigenvalue weighted by atomic mass is 127. The van der Waals surface area contributed by atoms with Crippen molar-refractivity contribution in [2.45, 2.75) is 33.2 Å². The molecule has 2 heterocycles. The van der Waals surface area contributed by atoms with Crippen LogP contribution in [0.25, 0.3) is 0 Å². The van der Waals surface area contributed by atoms with Crippen molar-refractivity contribution in [3.05, 3.63) is 63.9 Å². The molecule has 0 spiro atoms. The predicted octanol–water partition coefficient (Wildman–Crippen LogP) is 3.99. The number of rotatable bonds is 12. The van der Waals surface area contributed by atoms with Gasteiger partial charge in [0.1, 0.15) is 31.3 Å². The van der Waals surface area contributed by atoms with Gasteiger partial charge < -0.3 is 14.4 Å². The van der Waals surface area contributed by atoms with Crippen molar-refractivity contribution in [1.82, 2.24) is 4.90 Å². The largest absolute Gasteiger partial charge is 0.488 e. The Kier molecular flexibility index (Phi) is 9.12. The Labute approximate surface area is 219 Å². The van der Waals surface area contributed by atoms with E-state index in [2.05, 4.69) is 42.7 Å². The highest BCUT2D eigenvalue weighted by Gasteiger charge is 2.61.